The van der Waals surface area contributed by atoms with E-state index in [1.165, 1.54) is 0 Å². The molecule has 0 aliphatic heterocycles. The first-order valence-electron chi connectivity index (χ1n) is 7.68. The lowest BCUT2D eigenvalue weighted by Crippen LogP contribution is -2.10. The van der Waals surface area contributed by atoms with Crippen LogP contribution in [0.5, 0.6) is 5.75 Å². The lowest BCUT2D eigenvalue weighted by atomic mass is 10.0. The molecule has 1 heterocycles. The Balaban J connectivity index is 1.83. The summed E-state index contributed by atoms with van der Waals surface area (Å²) in [5.41, 5.74) is 2.69. The summed E-state index contributed by atoms with van der Waals surface area (Å²) >= 11 is 5.97. The lowest BCUT2D eigenvalue weighted by molar-refractivity contribution is 0.201. The Bertz CT molecular complexity index is 845. The number of benzene rings is 2. The minimum absolute atomic E-state index is 0.361. The van der Waals surface area contributed by atoms with E-state index in [2.05, 4.69) is 4.98 Å². The summed E-state index contributed by atoms with van der Waals surface area (Å²) in [4.78, 5) is 4.23. The zero-order valence-electron chi connectivity index (χ0n) is 13.6. The van der Waals surface area contributed by atoms with Gasteiger partial charge in [-0.05, 0) is 41.8 Å². The van der Waals surface area contributed by atoms with E-state index in [1.54, 1.807) is 12.3 Å². The highest BCUT2D eigenvalue weighted by atomic mass is 35.5. The quantitative estimate of drug-likeness (QED) is 0.761. The fourth-order valence-electron chi connectivity index (χ4n) is 2.64. The van der Waals surface area contributed by atoms with Gasteiger partial charge in [-0.25, -0.2) is 4.98 Å². The summed E-state index contributed by atoms with van der Waals surface area (Å²) in [5, 5.41) is 11.4. The van der Waals surface area contributed by atoms with Crippen molar-refractivity contribution >= 4 is 11.6 Å². The highest BCUT2D eigenvalue weighted by Crippen LogP contribution is 2.26. The number of hydrogen-bond donors (Lipinski definition) is 1. The maximum Gasteiger partial charge on any atom is 0.142 e. The van der Waals surface area contributed by atoms with Gasteiger partial charge in [0.15, 0.2) is 0 Å². The molecule has 1 atom stereocenters. The number of aliphatic hydroxyl groups is 1. The van der Waals surface area contributed by atoms with Crippen molar-refractivity contribution in [3.05, 3.63) is 82.4 Å². The number of nitrogens with zero attached hydrogens (tertiary/aromatic N) is 2. The van der Waals surface area contributed by atoms with Crippen molar-refractivity contribution in [1.29, 1.82) is 0 Å². The highest BCUT2D eigenvalue weighted by Gasteiger charge is 2.18. The third kappa shape index (κ3) is 3.45. The Hall–Kier alpha value is -2.30. The van der Waals surface area contributed by atoms with Gasteiger partial charge in [0, 0.05) is 24.5 Å². The SMILES string of the molecule is Cc1cc(Cl)ccc1OCc1ccccc1C(O)c1nccn1C. The maximum absolute atomic E-state index is 10.7. The Morgan fingerprint density at radius 3 is 2.75 bits per heavy atom. The highest BCUT2D eigenvalue weighted by molar-refractivity contribution is 6.30. The number of aliphatic hydroxyl groups excluding tert-OH is 1. The van der Waals surface area contributed by atoms with E-state index in [9.17, 15) is 5.11 Å². The van der Waals surface area contributed by atoms with Crippen molar-refractivity contribution in [3.8, 4) is 5.75 Å². The second kappa shape index (κ2) is 7.07. The second-order valence-electron chi connectivity index (χ2n) is 5.70. The molecule has 24 heavy (non-hydrogen) atoms. The summed E-state index contributed by atoms with van der Waals surface area (Å²) < 4.78 is 7.73. The van der Waals surface area contributed by atoms with Crippen molar-refractivity contribution < 1.29 is 9.84 Å². The second-order valence-corrected chi connectivity index (χ2v) is 6.13. The van der Waals surface area contributed by atoms with Crippen LogP contribution in [-0.2, 0) is 13.7 Å². The summed E-state index contributed by atoms with van der Waals surface area (Å²) in [6.45, 7) is 2.32. The van der Waals surface area contributed by atoms with Gasteiger partial charge in [0.05, 0.1) is 0 Å². The van der Waals surface area contributed by atoms with Crippen LogP contribution in [0.1, 0.15) is 28.6 Å². The molecule has 4 nitrogen and oxygen atoms in total. The average Bonchev–Trinajstić information content (AvgIpc) is 3.00. The number of halogens is 1. The molecule has 0 amide bonds. The topological polar surface area (TPSA) is 47.3 Å². The smallest absolute Gasteiger partial charge is 0.142 e. The molecule has 1 aromatic heterocycles. The largest absolute Gasteiger partial charge is 0.489 e. The first-order valence-corrected chi connectivity index (χ1v) is 8.06. The molecule has 0 bridgehead atoms. The first kappa shape index (κ1) is 16.6. The van der Waals surface area contributed by atoms with Crippen LogP contribution < -0.4 is 4.74 Å². The summed E-state index contributed by atoms with van der Waals surface area (Å²) in [6, 6.07) is 13.2. The molecule has 3 aromatic rings. The molecule has 0 spiro atoms. The van der Waals surface area contributed by atoms with Crippen LogP contribution in [0.3, 0.4) is 0 Å². The molecule has 0 saturated carbocycles. The van der Waals surface area contributed by atoms with Gasteiger partial charge in [-0.15, -0.1) is 0 Å². The predicted molar refractivity (Wildman–Crippen MR) is 94.2 cm³/mol. The van der Waals surface area contributed by atoms with Crippen LogP contribution >= 0.6 is 11.6 Å². The van der Waals surface area contributed by atoms with Gasteiger partial charge in [-0.2, -0.15) is 0 Å². The van der Waals surface area contributed by atoms with Gasteiger partial charge in [-0.3, -0.25) is 0 Å². The number of imidazole rings is 1. The molecule has 3 rings (SSSR count). The van der Waals surface area contributed by atoms with Crippen LogP contribution in [0, 0.1) is 6.92 Å². The minimum atomic E-state index is -0.795. The monoisotopic (exact) mass is 342 g/mol. The predicted octanol–water partition coefficient (Wildman–Crippen LogP) is 4.04. The van der Waals surface area contributed by atoms with Crippen LogP contribution in [0.15, 0.2) is 54.9 Å². The molecule has 0 saturated heterocycles. The Labute approximate surface area is 146 Å². The standard InChI is InChI=1S/C19H19ClN2O2/c1-13-11-15(20)7-8-17(13)24-12-14-5-3-4-6-16(14)18(23)19-21-9-10-22(19)2/h3-11,18,23H,12H2,1-2H3. The van der Waals surface area contributed by atoms with Crippen molar-refractivity contribution in [2.45, 2.75) is 19.6 Å². The fraction of sp³-hybridized carbons (Fsp3) is 0.211. The number of rotatable bonds is 5. The number of hydrogen-bond acceptors (Lipinski definition) is 3. The minimum Gasteiger partial charge on any atom is -0.489 e. The fourth-order valence-corrected chi connectivity index (χ4v) is 2.87. The molecule has 0 aliphatic rings. The molecule has 0 radical (unpaired) electrons. The van der Waals surface area contributed by atoms with Gasteiger partial charge in [0.2, 0.25) is 0 Å². The van der Waals surface area contributed by atoms with Gasteiger partial charge in [-0.1, -0.05) is 35.9 Å². The van der Waals surface area contributed by atoms with Crippen molar-refractivity contribution in [2.75, 3.05) is 0 Å². The number of aryl methyl sites for hydroxylation is 2. The van der Waals surface area contributed by atoms with Crippen molar-refractivity contribution in [2.24, 2.45) is 7.05 Å². The first-order chi connectivity index (χ1) is 11.6. The van der Waals surface area contributed by atoms with Crippen LogP contribution in [-0.4, -0.2) is 14.7 Å². The van der Waals surface area contributed by atoms with E-state index < -0.39 is 6.10 Å². The molecule has 0 aliphatic carbocycles. The third-order valence-electron chi connectivity index (χ3n) is 3.97. The molecular weight excluding hydrogens is 324 g/mol. The normalized spacial score (nSPS) is 12.2. The zero-order chi connectivity index (χ0) is 17.1. The van der Waals surface area contributed by atoms with Crippen LogP contribution in [0.25, 0.3) is 0 Å². The van der Waals surface area contributed by atoms with Crippen molar-refractivity contribution in [1.82, 2.24) is 9.55 Å². The van der Waals surface area contributed by atoms with E-state index in [4.69, 9.17) is 16.3 Å². The van der Waals surface area contributed by atoms with E-state index in [-0.39, 0.29) is 0 Å². The molecule has 1 N–H and O–H groups in total. The molecule has 124 valence electrons. The Morgan fingerprint density at radius 1 is 1.25 bits per heavy atom. The Morgan fingerprint density at radius 2 is 2.04 bits per heavy atom. The average molecular weight is 343 g/mol. The Kier molecular flexibility index (Phi) is 4.88. The molecule has 1 unspecified atom stereocenters. The van der Waals surface area contributed by atoms with Gasteiger partial charge < -0.3 is 14.4 Å². The van der Waals surface area contributed by atoms with E-state index >= 15 is 0 Å². The third-order valence-corrected chi connectivity index (χ3v) is 4.21. The molecule has 0 fully saturated rings. The van der Waals surface area contributed by atoms with Crippen LogP contribution in [0.2, 0.25) is 5.02 Å². The number of ether oxygens (including phenoxy) is 1. The lowest BCUT2D eigenvalue weighted by Gasteiger charge is -2.16. The molecule has 2 aromatic carbocycles. The maximum atomic E-state index is 10.7. The van der Waals surface area contributed by atoms with E-state index in [0.29, 0.717) is 17.5 Å². The van der Waals surface area contributed by atoms with Crippen LogP contribution in [0.4, 0.5) is 0 Å². The zero-order valence-corrected chi connectivity index (χ0v) is 14.4. The summed E-state index contributed by atoms with van der Waals surface area (Å²) in [7, 11) is 1.86. The van der Waals surface area contributed by atoms with E-state index in [1.807, 2.05) is 61.1 Å². The van der Waals surface area contributed by atoms with Gasteiger partial charge >= 0.3 is 0 Å². The summed E-state index contributed by atoms with van der Waals surface area (Å²) in [5.74, 6) is 1.38. The van der Waals surface area contributed by atoms with Gasteiger partial charge in [0.25, 0.3) is 0 Å². The summed E-state index contributed by atoms with van der Waals surface area (Å²) in [6.07, 6.45) is 2.69. The molecule has 5 heteroatoms. The van der Waals surface area contributed by atoms with Crippen molar-refractivity contribution in [3.63, 3.8) is 0 Å². The molecular formula is C19H19ClN2O2. The number of aromatic nitrogens is 2. The van der Waals surface area contributed by atoms with E-state index in [0.717, 1.165) is 22.4 Å². The van der Waals surface area contributed by atoms with Gasteiger partial charge in [0.1, 0.15) is 24.3 Å².